The van der Waals surface area contributed by atoms with Gasteiger partial charge < -0.3 is 10.2 Å². The van der Waals surface area contributed by atoms with E-state index in [9.17, 15) is 0 Å². The fourth-order valence-electron chi connectivity index (χ4n) is 4.33. The lowest BCUT2D eigenvalue weighted by molar-refractivity contribution is 0.0819. The Balaban J connectivity index is 1.41. The van der Waals surface area contributed by atoms with E-state index >= 15 is 0 Å². The smallest absolute Gasteiger partial charge is 0.0100 e. The molecule has 2 saturated carbocycles. The molecular weight excluding hydrogens is 232 g/mol. The Bertz CT molecular complexity index is 269. The molecule has 0 aromatic heterocycles. The van der Waals surface area contributed by atoms with Crippen molar-refractivity contribution in [2.24, 2.45) is 17.8 Å². The molecule has 2 heteroatoms. The molecular formula is C17H32N2. The van der Waals surface area contributed by atoms with E-state index in [-0.39, 0.29) is 0 Å². The monoisotopic (exact) mass is 264 g/mol. The van der Waals surface area contributed by atoms with Gasteiger partial charge >= 0.3 is 0 Å². The maximum atomic E-state index is 3.80. The number of nitrogens with zero attached hydrogens (tertiary/aromatic N) is 1. The largest absolute Gasteiger partial charge is 0.314 e. The Labute approximate surface area is 119 Å². The third-order valence-corrected chi connectivity index (χ3v) is 5.59. The van der Waals surface area contributed by atoms with Crippen LogP contribution >= 0.6 is 0 Å². The molecule has 1 saturated heterocycles. The summed E-state index contributed by atoms with van der Waals surface area (Å²) in [5.41, 5.74) is 0. The highest BCUT2D eigenvalue weighted by molar-refractivity contribution is 4.87. The molecule has 110 valence electrons. The van der Waals surface area contributed by atoms with Gasteiger partial charge in [0.25, 0.3) is 0 Å². The van der Waals surface area contributed by atoms with Crippen molar-refractivity contribution in [2.75, 3.05) is 19.6 Å². The summed E-state index contributed by atoms with van der Waals surface area (Å²) < 4.78 is 0. The molecule has 0 aromatic carbocycles. The SMILES string of the molecule is CC1CC(C)CC(N2CCC(NCC3CC3)CC2)C1. The minimum atomic E-state index is 0.815. The lowest BCUT2D eigenvalue weighted by atomic mass is 9.79. The van der Waals surface area contributed by atoms with Gasteiger partial charge in [-0.15, -0.1) is 0 Å². The van der Waals surface area contributed by atoms with Crippen LogP contribution in [0.2, 0.25) is 0 Å². The van der Waals surface area contributed by atoms with Crippen LogP contribution in [-0.2, 0) is 0 Å². The Morgan fingerprint density at radius 2 is 1.53 bits per heavy atom. The zero-order chi connectivity index (χ0) is 13.2. The normalized spacial score (nSPS) is 38.5. The number of nitrogens with one attached hydrogen (secondary N) is 1. The van der Waals surface area contributed by atoms with Crippen LogP contribution in [0.1, 0.15) is 58.8 Å². The van der Waals surface area contributed by atoms with Gasteiger partial charge in [0.1, 0.15) is 0 Å². The first-order chi connectivity index (χ1) is 9.20. The van der Waals surface area contributed by atoms with Crippen LogP contribution in [0.25, 0.3) is 0 Å². The van der Waals surface area contributed by atoms with Crippen molar-refractivity contribution in [3.05, 3.63) is 0 Å². The molecule has 3 fully saturated rings. The minimum Gasteiger partial charge on any atom is -0.314 e. The first kappa shape index (κ1) is 13.9. The topological polar surface area (TPSA) is 15.3 Å². The van der Waals surface area contributed by atoms with E-state index in [0.29, 0.717) is 0 Å². The van der Waals surface area contributed by atoms with Gasteiger partial charge in [0, 0.05) is 12.1 Å². The molecule has 2 aliphatic carbocycles. The van der Waals surface area contributed by atoms with Crippen molar-refractivity contribution in [3.8, 4) is 0 Å². The minimum absolute atomic E-state index is 0.815. The molecule has 0 amide bonds. The van der Waals surface area contributed by atoms with Crippen LogP contribution < -0.4 is 5.32 Å². The van der Waals surface area contributed by atoms with Gasteiger partial charge in [-0.3, -0.25) is 0 Å². The Morgan fingerprint density at radius 1 is 0.895 bits per heavy atom. The van der Waals surface area contributed by atoms with Gasteiger partial charge in [0.15, 0.2) is 0 Å². The second-order valence-corrected chi connectivity index (χ2v) is 7.73. The molecule has 0 bridgehead atoms. The highest BCUT2D eigenvalue weighted by atomic mass is 15.2. The van der Waals surface area contributed by atoms with Gasteiger partial charge in [0.2, 0.25) is 0 Å². The van der Waals surface area contributed by atoms with E-state index in [2.05, 4.69) is 24.1 Å². The molecule has 3 rings (SSSR count). The van der Waals surface area contributed by atoms with Crippen LogP contribution in [0.4, 0.5) is 0 Å². The van der Waals surface area contributed by atoms with Crippen molar-refractivity contribution in [3.63, 3.8) is 0 Å². The predicted molar refractivity (Wildman–Crippen MR) is 81.3 cm³/mol. The first-order valence-corrected chi connectivity index (χ1v) is 8.68. The highest BCUT2D eigenvalue weighted by Gasteiger charge is 2.31. The van der Waals surface area contributed by atoms with E-state index in [1.54, 1.807) is 0 Å². The van der Waals surface area contributed by atoms with Crippen molar-refractivity contribution in [1.29, 1.82) is 0 Å². The highest BCUT2D eigenvalue weighted by Crippen LogP contribution is 2.33. The average Bonchev–Trinajstić information content (AvgIpc) is 3.20. The quantitative estimate of drug-likeness (QED) is 0.838. The van der Waals surface area contributed by atoms with E-state index in [1.165, 1.54) is 64.6 Å². The van der Waals surface area contributed by atoms with Crippen molar-refractivity contribution in [1.82, 2.24) is 10.2 Å². The van der Waals surface area contributed by atoms with Gasteiger partial charge in [-0.2, -0.15) is 0 Å². The van der Waals surface area contributed by atoms with Gasteiger partial charge in [0.05, 0.1) is 0 Å². The zero-order valence-electron chi connectivity index (χ0n) is 12.9. The Hall–Kier alpha value is -0.0800. The molecule has 0 spiro atoms. The number of rotatable bonds is 4. The summed E-state index contributed by atoms with van der Waals surface area (Å²) >= 11 is 0. The third kappa shape index (κ3) is 3.95. The number of hydrogen-bond donors (Lipinski definition) is 1. The van der Waals surface area contributed by atoms with E-state index < -0.39 is 0 Å². The predicted octanol–water partition coefficient (Wildman–Crippen LogP) is 3.28. The van der Waals surface area contributed by atoms with Gasteiger partial charge in [-0.25, -0.2) is 0 Å². The first-order valence-electron chi connectivity index (χ1n) is 8.68. The van der Waals surface area contributed by atoms with Crippen molar-refractivity contribution >= 4 is 0 Å². The molecule has 1 N–H and O–H groups in total. The molecule has 0 radical (unpaired) electrons. The maximum Gasteiger partial charge on any atom is 0.0100 e. The number of piperidine rings is 1. The summed E-state index contributed by atoms with van der Waals surface area (Å²) in [6.07, 6.45) is 10.1. The number of likely N-dealkylation sites (tertiary alicyclic amines) is 1. The molecule has 1 aliphatic heterocycles. The molecule has 2 nitrogen and oxygen atoms in total. The molecule has 0 aromatic rings. The Morgan fingerprint density at radius 3 is 2.11 bits per heavy atom. The van der Waals surface area contributed by atoms with E-state index in [1.807, 2.05) is 0 Å². The molecule has 3 aliphatic rings. The summed E-state index contributed by atoms with van der Waals surface area (Å²) in [5.74, 6) is 2.91. The van der Waals surface area contributed by atoms with Crippen LogP contribution in [0.5, 0.6) is 0 Å². The molecule has 19 heavy (non-hydrogen) atoms. The van der Waals surface area contributed by atoms with E-state index in [0.717, 1.165) is 29.8 Å². The molecule has 2 atom stereocenters. The second-order valence-electron chi connectivity index (χ2n) is 7.73. The van der Waals surface area contributed by atoms with E-state index in [4.69, 9.17) is 0 Å². The third-order valence-electron chi connectivity index (χ3n) is 5.59. The standard InChI is InChI=1S/C17H32N2/c1-13-9-14(2)11-17(10-13)19-7-5-16(6-8-19)18-12-15-3-4-15/h13-18H,3-12H2,1-2H3. The maximum absolute atomic E-state index is 3.80. The second kappa shape index (κ2) is 6.13. The average molecular weight is 264 g/mol. The lowest BCUT2D eigenvalue weighted by Crippen LogP contribution is -2.48. The Kier molecular flexibility index (Phi) is 4.48. The summed E-state index contributed by atoms with van der Waals surface area (Å²) in [7, 11) is 0. The van der Waals surface area contributed by atoms with Gasteiger partial charge in [-0.1, -0.05) is 13.8 Å². The lowest BCUT2D eigenvalue weighted by Gasteiger charge is -2.42. The fourth-order valence-corrected chi connectivity index (χ4v) is 4.33. The van der Waals surface area contributed by atoms with Crippen LogP contribution in [0.3, 0.4) is 0 Å². The van der Waals surface area contributed by atoms with Crippen molar-refractivity contribution in [2.45, 2.75) is 70.9 Å². The summed E-state index contributed by atoms with van der Waals surface area (Å²) in [6.45, 7) is 8.88. The summed E-state index contributed by atoms with van der Waals surface area (Å²) in [5, 5.41) is 3.80. The zero-order valence-corrected chi connectivity index (χ0v) is 12.9. The summed E-state index contributed by atoms with van der Waals surface area (Å²) in [6, 6.07) is 1.71. The molecule has 1 heterocycles. The van der Waals surface area contributed by atoms with Crippen LogP contribution in [-0.4, -0.2) is 36.6 Å². The van der Waals surface area contributed by atoms with Crippen LogP contribution in [0, 0.1) is 17.8 Å². The fraction of sp³-hybridized carbons (Fsp3) is 1.00. The number of hydrogen-bond acceptors (Lipinski definition) is 2. The van der Waals surface area contributed by atoms with Crippen LogP contribution in [0.15, 0.2) is 0 Å². The van der Waals surface area contributed by atoms with Crippen molar-refractivity contribution < 1.29 is 0 Å². The summed E-state index contributed by atoms with van der Waals surface area (Å²) in [4.78, 5) is 2.81. The molecule has 2 unspecified atom stereocenters. The van der Waals surface area contributed by atoms with Gasteiger partial charge in [-0.05, 0) is 82.3 Å².